The van der Waals surface area contributed by atoms with E-state index in [1.807, 2.05) is 6.07 Å². The van der Waals surface area contributed by atoms with Gasteiger partial charge in [-0.25, -0.2) is 4.98 Å². The molecule has 0 spiro atoms. The second-order valence-corrected chi connectivity index (χ2v) is 4.09. The summed E-state index contributed by atoms with van der Waals surface area (Å²) in [5.41, 5.74) is 11.1. The molecule has 0 aromatic carbocycles. The standard InChI is InChI=1S/C12H20N4O/c1-3-12(4-2,8-13)16-10-7-5-6-9(15-10)11(14)17/h5-7H,3-4,8,13H2,1-2H3,(H2,14,17)(H,15,16). The van der Waals surface area contributed by atoms with Gasteiger partial charge in [-0.1, -0.05) is 19.9 Å². The van der Waals surface area contributed by atoms with Crippen LogP contribution in [0, 0.1) is 0 Å². The maximum Gasteiger partial charge on any atom is 0.267 e. The van der Waals surface area contributed by atoms with Gasteiger partial charge in [-0.3, -0.25) is 4.79 Å². The van der Waals surface area contributed by atoms with Gasteiger partial charge in [0.15, 0.2) is 0 Å². The smallest absolute Gasteiger partial charge is 0.267 e. The van der Waals surface area contributed by atoms with Crippen molar-refractivity contribution in [1.29, 1.82) is 0 Å². The molecule has 0 aliphatic heterocycles. The van der Waals surface area contributed by atoms with Crippen LogP contribution in [0.15, 0.2) is 18.2 Å². The van der Waals surface area contributed by atoms with Crippen molar-refractivity contribution in [3.63, 3.8) is 0 Å². The van der Waals surface area contributed by atoms with E-state index < -0.39 is 5.91 Å². The first kappa shape index (κ1) is 13.4. The first-order chi connectivity index (χ1) is 8.06. The molecule has 5 N–H and O–H groups in total. The van der Waals surface area contributed by atoms with Crippen molar-refractivity contribution < 1.29 is 4.79 Å². The number of nitrogens with zero attached hydrogens (tertiary/aromatic N) is 1. The zero-order valence-corrected chi connectivity index (χ0v) is 10.4. The lowest BCUT2D eigenvalue weighted by atomic mass is 9.93. The average molecular weight is 236 g/mol. The third kappa shape index (κ3) is 3.17. The van der Waals surface area contributed by atoms with Gasteiger partial charge in [0.1, 0.15) is 11.5 Å². The van der Waals surface area contributed by atoms with E-state index in [4.69, 9.17) is 11.5 Å². The van der Waals surface area contributed by atoms with Crippen LogP contribution in [-0.4, -0.2) is 23.0 Å². The molecule has 0 bridgehead atoms. The van der Waals surface area contributed by atoms with Crippen molar-refractivity contribution in [2.75, 3.05) is 11.9 Å². The minimum absolute atomic E-state index is 0.177. The summed E-state index contributed by atoms with van der Waals surface area (Å²) in [5.74, 6) is 0.107. The summed E-state index contributed by atoms with van der Waals surface area (Å²) in [6.45, 7) is 4.66. The maximum absolute atomic E-state index is 11.0. The lowest BCUT2D eigenvalue weighted by molar-refractivity contribution is 0.0995. The number of pyridine rings is 1. The van der Waals surface area contributed by atoms with Crippen LogP contribution in [0.2, 0.25) is 0 Å². The van der Waals surface area contributed by atoms with E-state index in [9.17, 15) is 4.79 Å². The number of amides is 1. The number of hydrogen-bond acceptors (Lipinski definition) is 4. The fourth-order valence-electron chi connectivity index (χ4n) is 1.68. The molecule has 0 unspecified atom stereocenters. The highest BCUT2D eigenvalue weighted by atomic mass is 16.1. The molecular weight excluding hydrogens is 216 g/mol. The molecule has 0 radical (unpaired) electrons. The number of aromatic nitrogens is 1. The first-order valence-electron chi connectivity index (χ1n) is 5.82. The highest BCUT2D eigenvalue weighted by molar-refractivity contribution is 5.91. The van der Waals surface area contributed by atoms with Crippen molar-refractivity contribution in [3.05, 3.63) is 23.9 Å². The lowest BCUT2D eigenvalue weighted by Gasteiger charge is -2.32. The predicted molar refractivity (Wildman–Crippen MR) is 68.7 cm³/mol. The number of anilines is 1. The number of carbonyl (C=O) groups excluding carboxylic acids is 1. The zero-order valence-electron chi connectivity index (χ0n) is 10.4. The number of nitrogens with one attached hydrogen (secondary N) is 1. The van der Waals surface area contributed by atoms with E-state index in [-0.39, 0.29) is 11.2 Å². The van der Waals surface area contributed by atoms with Crippen LogP contribution in [0.1, 0.15) is 37.2 Å². The van der Waals surface area contributed by atoms with Gasteiger partial charge in [-0.15, -0.1) is 0 Å². The number of rotatable bonds is 6. The van der Waals surface area contributed by atoms with Crippen LogP contribution in [0.25, 0.3) is 0 Å². The second-order valence-electron chi connectivity index (χ2n) is 4.09. The Hall–Kier alpha value is -1.62. The van der Waals surface area contributed by atoms with Gasteiger partial charge in [0, 0.05) is 6.54 Å². The quantitative estimate of drug-likeness (QED) is 0.689. The first-order valence-corrected chi connectivity index (χ1v) is 5.82. The largest absolute Gasteiger partial charge is 0.364 e. The highest BCUT2D eigenvalue weighted by Gasteiger charge is 2.24. The molecule has 1 aromatic heterocycles. The Labute approximate surface area is 102 Å². The summed E-state index contributed by atoms with van der Waals surface area (Å²) in [4.78, 5) is 15.2. The van der Waals surface area contributed by atoms with Crippen LogP contribution in [0.4, 0.5) is 5.82 Å². The maximum atomic E-state index is 11.0. The molecule has 1 rings (SSSR count). The van der Waals surface area contributed by atoms with Crippen molar-refractivity contribution in [1.82, 2.24) is 4.98 Å². The topological polar surface area (TPSA) is 94.0 Å². The summed E-state index contributed by atoms with van der Waals surface area (Å²) in [6.07, 6.45) is 1.78. The van der Waals surface area contributed by atoms with E-state index in [1.54, 1.807) is 12.1 Å². The molecular formula is C12H20N4O. The highest BCUT2D eigenvalue weighted by Crippen LogP contribution is 2.19. The van der Waals surface area contributed by atoms with Crippen molar-refractivity contribution in [2.45, 2.75) is 32.2 Å². The van der Waals surface area contributed by atoms with Gasteiger partial charge < -0.3 is 16.8 Å². The van der Waals surface area contributed by atoms with Crippen LogP contribution in [-0.2, 0) is 0 Å². The molecule has 1 heterocycles. The van der Waals surface area contributed by atoms with Gasteiger partial charge in [0.25, 0.3) is 5.91 Å². The Morgan fingerprint density at radius 2 is 2.06 bits per heavy atom. The lowest BCUT2D eigenvalue weighted by Crippen LogP contribution is -2.44. The molecule has 5 nitrogen and oxygen atoms in total. The van der Waals surface area contributed by atoms with E-state index in [0.29, 0.717) is 12.4 Å². The number of hydrogen-bond donors (Lipinski definition) is 3. The minimum Gasteiger partial charge on any atom is -0.364 e. The molecule has 0 saturated heterocycles. The minimum atomic E-state index is -0.528. The SMILES string of the molecule is CCC(CC)(CN)Nc1cccc(C(N)=O)n1. The van der Waals surface area contributed by atoms with E-state index in [0.717, 1.165) is 12.8 Å². The molecule has 0 aliphatic carbocycles. The normalized spacial score (nSPS) is 11.2. The summed E-state index contributed by atoms with van der Waals surface area (Å²) in [5, 5.41) is 3.29. The second kappa shape index (κ2) is 5.63. The molecule has 0 saturated carbocycles. The number of nitrogens with two attached hydrogens (primary N) is 2. The van der Waals surface area contributed by atoms with Gasteiger partial charge >= 0.3 is 0 Å². The van der Waals surface area contributed by atoms with Crippen LogP contribution >= 0.6 is 0 Å². The van der Waals surface area contributed by atoms with Crippen molar-refractivity contribution in [3.8, 4) is 0 Å². The Bertz CT molecular complexity index is 380. The van der Waals surface area contributed by atoms with Crippen LogP contribution in [0.3, 0.4) is 0 Å². The van der Waals surface area contributed by atoms with Gasteiger partial charge in [0.2, 0.25) is 0 Å². The Morgan fingerprint density at radius 3 is 2.53 bits per heavy atom. The monoisotopic (exact) mass is 236 g/mol. The zero-order chi connectivity index (χ0) is 12.9. The Kier molecular flexibility index (Phi) is 4.45. The van der Waals surface area contributed by atoms with Crippen molar-refractivity contribution in [2.24, 2.45) is 11.5 Å². The number of carbonyl (C=O) groups is 1. The van der Waals surface area contributed by atoms with E-state index in [2.05, 4.69) is 24.1 Å². The van der Waals surface area contributed by atoms with Crippen molar-refractivity contribution >= 4 is 11.7 Å². The van der Waals surface area contributed by atoms with E-state index >= 15 is 0 Å². The fourth-order valence-corrected chi connectivity index (χ4v) is 1.68. The Morgan fingerprint density at radius 1 is 1.41 bits per heavy atom. The number of primary amides is 1. The summed E-state index contributed by atoms with van der Waals surface area (Å²) in [6, 6.07) is 5.15. The molecule has 17 heavy (non-hydrogen) atoms. The summed E-state index contributed by atoms with van der Waals surface area (Å²) in [7, 11) is 0. The van der Waals surface area contributed by atoms with Crippen LogP contribution in [0.5, 0.6) is 0 Å². The molecule has 94 valence electrons. The fraction of sp³-hybridized carbons (Fsp3) is 0.500. The summed E-state index contributed by atoms with van der Waals surface area (Å²) < 4.78 is 0. The van der Waals surface area contributed by atoms with Gasteiger partial charge in [-0.2, -0.15) is 0 Å². The molecule has 1 aromatic rings. The van der Waals surface area contributed by atoms with Gasteiger partial charge in [-0.05, 0) is 25.0 Å². The van der Waals surface area contributed by atoms with Crippen LogP contribution < -0.4 is 16.8 Å². The molecule has 5 heteroatoms. The molecule has 0 aliphatic rings. The van der Waals surface area contributed by atoms with Gasteiger partial charge in [0.05, 0.1) is 5.54 Å². The third-order valence-corrected chi connectivity index (χ3v) is 3.14. The molecule has 1 amide bonds. The molecule has 0 atom stereocenters. The average Bonchev–Trinajstić information content (AvgIpc) is 2.36. The molecule has 0 fully saturated rings. The third-order valence-electron chi connectivity index (χ3n) is 3.14. The van der Waals surface area contributed by atoms with E-state index in [1.165, 1.54) is 0 Å². The summed E-state index contributed by atoms with van der Waals surface area (Å²) >= 11 is 0. The Balaban J connectivity index is 2.93. The predicted octanol–water partition coefficient (Wildman–Crippen LogP) is 1.11.